The van der Waals surface area contributed by atoms with Gasteiger partial charge in [0.05, 0.1) is 0 Å². The zero-order valence-electron chi connectivity index (χ0n) is 7.49. The van der Waals surface area contributed by atoms with Crippen molar-refractivity contribution in [2.24, 2.45) is 10.8 Å². The molecule has 2 atom stereocenters. The van der Waals surface area contributed by atoms with Crippen LogP contribution in [0.4, 0.5) is 0 Å². The molecule has 0 radical (unpaired) electrons. The fourth-order valence-electron chi connectivity index (χ4n) is 3.07. The van der Waals surface area contributed by atoms with Crippen LogP contribution < -0.4 is 0 Å². The molecule has 0 heterocycles. The Morgan fingerprint density at radius 3 is 1.82 bits per heavy atom. The van der Waals surface area contributed by atoms with Crippen molar-refractivity contribution in [2.75, 3.05) is 0 Å². The molecule has 0 aliphatic heterocycles. The minimum atomic E-state index is 0.632. The van der Waals surface area contributed by atoms with Gasteiger partial charge in [0.2, 0.25) is 0 Å². The number of halogens is 1. The smallest absolute Gasteiger partial charge is 0.0253 e. The molecule has 2 aliphatic carbocycles. The Kier molecular flexibility index (Phi) is 1.65. The molecule has 0 nitrogen and oxygen atoms in total. The molecule has 0 spiro atoms. The Balaban J connectivity index is 2.30. The van der Waals surface area contributed by atoms with E-state index >= 15 is 0 Å². The molecule has 0 saturated heterocycles. The second-order valence-electron chi connectivity index (χ2n) is 5.02. The maximum Gasteiger partial charge on any atom is 0.0253 e. The standard InChI is InChI=1S/C10H17Br/c1-9-4-3-5-10(2,7-6-9)8(9)11/h8H,3-7H2,1-2H3. The van der Waals surface area contributed by atoms with Gasteiger partial charge in [-0.2, -0.15) is 0 Å². The van der Waals surface area contributed by atoms with E-state index < -0.39 is 0 Å². The predicted octanol–water partition coefficient (Wildman–Crippen LogP) is 3.74. The molecule has 11 heavy (non-hydrogen) atoms. The summed E-state index contributed by atoms with van der Waals surface area (Å²) in [6, 6.07) is 0. The summed E-state index contributed by atoms with van der Waals surface area (Å²) in [6.45, 7) is 4.91. The predicted molar refractivity (Wildman–Crippen MR) is 52.0 cm³/mol. The minimum absolute atomic E-state index is 0.632. The average molecular weight is 217 g/mol. The fraction of sp³-hybridized carbons (Fsp3) is 1.00. The highest BCUT2D eigenvalue weighted by Gasteiger charge is 2.52. The normalized spacial score (nSPS) is 56.5. The van der Waals surface area contributed by atoms with Gasteiger partial charge in [-0.3, -0.25) is 0 Å². The van der Waals surface area contributed by atoms with Crippen molar-refractivity contribution in [3.8, 4) is 0 Å². The Morgan fingerprint density at radius 1 is 1.00 bits per heavy atom. The maximum absolute atomic E-state index is 3.89. The van der Waals surface area contributed by atoms with Crippen LogP contribution in [0.5, 0.6) is 0 Å². The molecule has 2 fully saturated rings. The third-order valence-electron chi connectivity index (χ3n) is 3.99. The molecule has 0 N–H and O–H groups in total. The van der Waals surface area contributed by atoms with Gasteiger partial charge in [0.1, 0.15) is 0 Å². The first-order valence-corrected chi connectivity index (χ1v) is 5.63. The van der Waals surface area contributed by atoms with E-state index in [1.54, 1.807) is 0 Å². The Bertz CT molecular complexity index is 160. The van der Waals surface area contributed by atoms with Crippen molar-refractivity contribution < 1.29 is 0 Å². The molecular weight excluding hydrogens is 200 g/mol. The number of fused-ring (bicyclic) bond motifs is 2. The summed E-state index contributed by atoms with van der Waals surface area (Å²) in [5, 5.41) is 0. The lowest BCUT2D eigenvalue weighted by Gasteiger charge is -2.40. The van der Waals surface area contributed by atoms with Gasteiger partial charge >= 0.3 is 0 Å². The number of hydrogen-bond acceptors (Lipinski definition) is 0. The van der Waals surface area contributed by atoms with Crippen molar-refractivity contribution in [3.63, 3.8) is 0 Å². The summed E-state index contributed by atoms with van der Waals surface area (Å²) in [7, 11) is 0. The van der Waals surface area contributed by atoms with Gasteiger partial charge in [0, 0.05) is 4.83 Å². The van der Waals surface area contributed by atoms with Gasteiger partial charge in [-0.05, 0) is 36.5 Å². The van der Waals surface area contributed by atoms with E-state index in [4.69, 9.17) is 0 Å². The van der Waals surface area contributed by atoms with Crippen LogP contribution in [0.1, 0.15) is 46.0 Å². The monoisotopic (exact) mass is 216 g/mol. The third-order valence-corrected chi connectivity index (χ3v) is 6.20. The minimum Gasteiger partial charge on any atom is -0.0879 e. The van der Waals surface area contributed by atoms with Crippen molar-refractivity contribution in [1.29, 1.82) is 0 Å². The Hall–Kier alpha value is 0.480. The summed E-state index contributed by atoms with van der Waals surface area (Å²) in [4.78, 5) is 0.788. The van der Waals surface area contributed by atoms with Crippen LogP contribution in [-0.2, 0) is 0 Å². The molecule has 0 aromatic carbocycles. The van der Waals surface area contributed by atoms with E-state index in [9.17, 15) is 0 Å². The third kappa shape index (κ3) is 0.998. The van der Waals surface area contributed by atoms with Gasteiger partial charge < -0.3 is 0 Å². The molecular formula is C10H17Br. The second kappa shape index (κ2) is 2.25. The quantitative estimate of drug-likeness (QED) is 0.542. The van der Waals surface area contributed by atoms with E-state index in [-0.39, 0.29) is 0 Å². The van der Waals surface area contributed by atoms with Crippen LogP contribution in [0.3, 0.4) is 0 Å². The SMILES string of the molecule is CC12CCCC(C)(CC1)C2Br. The average Bonchev–Trinajstić information content (AvgIpc) is 2.17. The number of rotatable bonds is 0. The van der Waals surface area contributed by atoms with Crippen molar-refractivity contribution in [2.45, 2.75) is 50.8 Å². The highest BCUT2D eigenvalue weighted by Crippen LogP contribution is 2.61. The van der Waals surface area contributed by atoms with E-state index in [1.807, 2.05) is 0 Å². The summed E-state index contributed by atoms with van der Waals surface area (Å²) in [5.74, 6) is 0. The first kappa shape index (κ1) is 8.10. The van der Waals surface area contributed by atoms with Crippen LogP contribution >= 0.6 is 15.9 Å². The Labute approximate surface area is 77.9 Å². The van der Waals surface area contributed by atoms with E-state index in [0.717, 1.165) is 4.83 Å². The zero-order chi connectivity index (χ0) is 8.11. The van der Waals surface area contributed by atoms with E-state index in [1.165, 1.54) is 32.1 Å². The molecule has 2 unspecified atom stereocenters. The molecule has 2 aliphatic rings. The largest absolute Gasteiger partial charge is 0.0879 e. The first-order valence-electron chi connectivity index (χ1n) is 4.71. The molecule has 0 amide bonds. The molecule has 1 heteroatoms. The maximum atomic E-state index is 3.89. The summed E-state index contributed by atoms with van der Waals surface area (Å²) < 4.78 is 0. The van der Waals surface area contributed by atoms with Gasteiger partial charge in [0.25, 0.3) is 0 Å². The summed E-state index contributed by atoms with van der Waals surface area (Å²) in [6.07, 6.45) is 7.23. The molecule has 64 valence electrons. The van der Waals surface area contributed by atoms with Gasteiger partial charge in [-0.1, -0.05) is 36.2 Å². The van der Waals surface area contributed by atoms with E-state index in [2.05, 4.69) is 29.8 Å². The highest BCUT2D eigenvalue weighted by molar-refractivity contribution is 9.09. The van der Waals surface area contributed by atoms with Crippen LogP contribution in [-0.4, -0.2) is 4.83 Å². The highest BCUT2D eigenvalue weighted by atomic mass is 79.9. The van der Waals surface area contributed by atoms with Crippen molar-refractivity contribution in [1.82, 2.24) is 0 Å². The van der Waals surface area contributed by atoms with Crippen molar-refractivity contribution in [3.05, 3.63) is 0 Å². The molecule has 0 aromatic rings. The van der Waals surface area contributed by atoms with Crippen LogP contribution in [0.25, 0.3) is 0 Å². The number of alkyl halides is 1. The van der Waals surface area contributed by atoms with Crippen molar-refractivity contribution >= 4 is 15.9 Å². The fourth-order valence-corrected chi connectivity index (χ4v) is 3.98. The molecule has 2 saturated carbocycles. The lowest BCUT2D eigenvalue weighted by atomic mass is 9.71. The van der Waals surface area contributed by atoms with Crippen LogP contribution in [0.15, 0.2) is 0 Å². The van der Waals surface area contributed by atoms with Gasteiger partial charge in [-0.15, -0.1) is 0 Å². The second-order valence-corrected chi connectivity index (χ2v) is 5.94. The number of hydrogen-bond donors (Lipinski definition) is 0. The summed E-state index contributed by atoms with van der Waals surface area (Å²) in [5.41, 5.74) is 1.26. The van der Waals surface area contributed by atoms with Crippen LogP contribution in [0.2, 0.25) is 0 Å². The topological polar surface area (TPSA) is 0 Å². The first-order chi connectivity index (χ1) is 5.07. The van der Waals surface area contributed by atoms with E-state index in [0.29, 0.717) is 10.8 Å². The van der Waals surface area contributed by atoms with Gasteiger partial charge in [0.15, 0.2) is 0 Å². The van der Waals surface area contributed by atoms with Crippen LogP contribution in [0, 0.1) is 10.8 Å². The lowest BCUT2D eigenvalue weighted by Crippen LogP contribution is -2.36. The van der Waals surface area contributed by atoms with Gasteiger partial charge in [-0.25, -0.2) is 0 Å². The molecule has 0 aromatic heterocycles. The summed E-state index contributed by atoms with van der Waals surface area (Å²) >= 11 is 3.89. The zero-order valence-corrected chi connectivity index (χ0v) is 9.08. The molecule has 2 bridgehead atoms. The lowest BCUT2D eigenvalue weighted by molar-refractivity contribution is 0.189. The Morgan fingerprint density at radius 2 is 1.45 bits per heavy atom. The molecule has 2 rings (SSSR count).